The zero-order chi connectivity index (χ0) is 27.6. The number of halogens is 2. The van der Waals surface area contributed by atoms with Gasteiger partial charge < -0.3 is 30.5 Å². The molecule has 0 aliphatic rings. The smallest absolute Gasteiger partial charge is 0.337 e. The van der Waals surface area contributed by atoms with E-state index < -0.39 is 5.97 Å². The fourth-order valence-corrected chi connectivity index (χ4v) is 2.69. The highest BCUT2D eigenvalue weighted by Gasteiger charge is 2.10. The number of hydrogen-bond acceptors (Lipinski definition) is 9. The summed E-state index contributed by atoms with van der Waals surface area (Å²) in [5.41, 5.74) is 16.2. The lowest BCUT2D eigenvalue weighted by Gasteiger charge is -2.11. The van der Waals surface area contributed by atoms with Gasteiger partial charge in [0.15, 0.2) is 5.78 Å². The molecule has 0 unspecified atom stereocenters. The molecule has 0 heterocycles. The molecule has 2 rings (SSSR count). The SMILES string of the molecule is CC(C)Oc1ccc(C(=O)CN)cc1Cl.CCO.COC(=O)c1ccc(OC(C)C)c(Cl)c1.N=N.O.[HH]. The van der Waals surface area contributed by atoms with Gasteiger partial charge in [-0.2, -0.15) is 0 Å². The van der Waals surface area contributed by atoms with Crippen LogP contribution in [0.5, 0.6) is 11.5 Å². The molecule has 206 valence electrons. The second-order valence-corrected chi connectivity index (χ2v) is 7.87. The number of carbonyl (C=O) groups is 2. The third kappa shape index (κ3) is 15.3. The summed E-state index contributed by atoms with van der Waals surface area (Å²) in [6.07, 6.45) is 0.102. The predicted octanol–water partition coefficient (Wildman–Crippen LogP) is 5.20. The summed E-state index contributed by atoms with van der Waals surface area (Å²) in [6, 6.07) is 9.74. The number of esters is 1. The molecule has 0 aliphatic heterocycles. The van der Waals surface area contributed by atoms with Crippen molar-refractivity contribution in [3.8, 4) is 11.5 Å². The highest BCUT2D eigenvalue weighted by molar-refractivity contribution is 6.32. The maximum atomic E-state index is 11.3. The van der Waals surface area contributed by atoms with Crippen LogP contribution in [0.15, 0.2) is 36.4 Å². The predicted molar refractivity (Wildman–Crippen MR) is 143 cm³/mol. The van der Waals surface area contributed by atoms with Crippen molar-refractivity contribution in [3.63, 3.8) is 0 Å². The van der Waals surface area contributed by atoms with Gasteiger partial charge in [0, 0.05) is 13.6 Å². The van der Waals surface area contributed by atoms with Crippen LogP contribution in [0, 0.1) is 11.1 Å². The number of Topliss-reactive ketones (excluding diaryl/α,β-unsaturated/α-hetero) is 1. The van der Waals surface area contributed by atoms with Crippen molar-refractivity contribution in [1.82, 2.24) is 0 Å². The van der Waals surface area contributed by atoms with E-state index in [1.165, 1.54) is 13.2 Å². The molecule has 0 aliphatic carbocycles. The second kappa shape index (κ2) is 21.5. The summed E-state index contributed by atoms with van der Waals surface area (Å²) in [4.78, 5) is 22.5. The van der Waals surface area contributed by atoms with Crippen LogP contribution in [0.1, 0.15) is 56.8 Å². The minimum Gasteiger partial charge on any atom is -0.489 e. The molecule has 0 radical (unpaired) electrons. The molecule has 0 spiro atoms. The van der Waals surface area contributed by atoms with E-state index in [1.54, 1.807) is 37.3 Å². The molecular formula is C24H39Cl2N3O7. The molecule has 7 N–H and O–H groups in total. The number of ketones is 1. The van der Waals surface area contributed by atoms with Crippen molar-refractivity contribution < 1.29 is 35.8 Å². The van der Waals surface area contributed by atoms with Crippen molar-refractivity contribution in [2.75, 3.05) is 20.3 Å². The monoisotopic (exact) mass is 551 g/mol. The first kappa shape index (κ1) is 37.8. The zero-order valence-electron chi connectivity index (χ0n) is 21.4. The van der Waals surface area contributed by atoms with Crippen LogP contribution in [-0.2, 0) is 4.74 Å². The average Bonchev–Trinajstić information content (AvgIpc) is 2.82. The number of nitrogens with two attached hydrogens (primary N) is 1. The Hall–Kier alpha value is -2.76. The fourth-order valence-electron chi connectivity index (χ4n) is 2.24. The number of nitrogens with one attached hydrogen (secondary N) is 2. The fraction of sp³-hybridized carbons (Fsp3) is 0.417. The van der Waals surface area contributed by atoms with Crippen molar-refractivity contribution in [1.29, 1.82) is 11.1 Å². The van der Waals surface area contributed by atoms with Crippen LogP contribution < -0.4 is 15.2 Å². The number of hydrogen-bond donors (Lipinski definition) is 4. The number of rotatable bonds is 7. The van der Waals surface area contributed by atoms with Gasteiger partial charge in [-0.25, -0.2) is 15.9 Å². The molecule has 10 nitrogen and oxygen atoms in total. The number of aliphatic hydroxyl groups is 1. The normalized spacial score (nSPS) is 9.22. The molecular weight excluding hydrogens is 513 g/mol. The minimum atomic E-state index is -0.409. The van der Waals surface area contributed by atoms with Crippen LogP contribution in [0.2, 0.25) is 10.0 Å². The zero-order valence-corrected chi connectivity index (χ0v) is 22.9. The van der Waals surface area contributed by atoms with E-state index in [2.05, 4.69) is 4.74 Å². The van der Waals surface area contributed by atoms with Crippen LogP contribution >= 0.6 is 23.2 Å². The summed E-state index contributed by atoms with van der Waals surface area (Å²) in [7, 11) is 1.33. The molecule has 0 atom stereocenters. The van der Waals surface area contributed by atoms with Crippen LogP contribution in [-0.4, -0.2) is 54.8 Å². The summed E-state index contributed by atoms with van der Waals surface area (Å²) in [5.74, 6) is 0.612. The van der Waals surface area contributed by atoms with Gasteiger partial charge >= 0.3 is 5.97 Å². The highest BCUT2D eigenvalue weighted by Crippen LogP contribution is 2.27. The van der Waals surface area contributed by atoms with Gasteiger partial charge in [-0.05, 0) is 71.0 Å². The number of aliphatic hydroxyl groups excluding tert-OH is 1. The van der Waals surface area contributed by atoms with Gasteiger partial charge in [-0.1, -0.05) is 23.2 Å². The van der Waals surface area contributed by atoms with E-state index in [0.29, 0.717) is 32.7 Å². The number of ether oxygens (including phenoxy) is 3. The molecule has 12 heteroatoms. The standard InChI is InChI=1S/C11H14ClNO2.C11H13ClO3.C2H6O.H2N2.H2O.H2/c1-7(2)15-11-4-3-8(5-9(11)12)10(14)6-13;1-7(2)15-10-5-4-8(6-9(10)12)11(13)14-3;1-2-3;1-2;;/h3-5,7H,6,13H2,1-2H3;4-7H,1-3H3;3H,2H2,1H3;1-2H;1H2;1H. The lowest BCUT2D eigenvalue weighted by molar-refractivity contribution is 0.0600. The Labute approximate surface area is 223 Å². The Bertz CT molecular complexity index is 848. The lowest BCUT2D eigenvalue weighted by atomic mass is 10.1. The van der Waals surface area contributed by atoms with Crippen molar-refractivity contribution in [3.05, 3.63) is 57.6 Å². The summed E-state index contributed by atoms with van der Waals surface area (Å²) >= 11 is 11.9. The Morgan fingerprint density at radius 2 is 1.31 bits per heavy atom. The van der Waals surface area contributed by atoms with E-state index in [1.807, 2.05) is 27.7 Å². The van der Waals surface area contributed by atoms with Gasteiger partial charge in [0.2, 0.25) is 0 Å². The third-order valence-corrected chi connectivity index (χ3v) is 4.11. The van der Waals surface area contributed by atoms with Gasteiger partial charge in [-0.3, -0.25) is 4.79 Å². The molecule has 0 saturated carbocycles. The maximum Gasteiger partial charge on any atom is 0.337 e. The number of benzene rings is 2. The maximum absolute atomic E-state index is 11.3. The van der Waals surface area contributed by atoms with Crippen molar-refractivity contribution in [2.24, 2.45) is 5.73 Å². The van der Waals surface area contributed by atoms with Crippen LogP contribution in [0.25, 0.3) is 0 Å². The van der Waals surface area contributed by atoms with Gasteiger partial charge in [0.05, 0.1) is 41.5 Å². The highest BCUT2D eigenvalue weighted by atomic mass is 35.5. The summed E-state index contributed by atoms with van der Waals surface area (Å²) in [6.45, 7) is 9.56. The van der Waals surface area contributed by atoms with Crippen molar-refractivity contribution >= 4 is 35.0 Å². The quantitative estimate of drug-likeness (QED) is 0.206. The molecule has 0 fully saturated rings. The van der Waals surface area contributed by atoms with Gasteiger partial charge in [0.1, 0.15) is 11.5 Å². The summed E-state index contributed by atoms with van der Waals surface area (Å²) < 4.78 is 15.4. The average molecular weight is 552 g/mol. The molecule has 2 aromatic carbocycles. The van der Waals surface area contributed by atoms with E-state index in [0.717, 1.165) is 0 Å². The second-order valence-electron chi connectivity index (χ2n) is 7.06. The number of methoxy groups -OCH3 is 1. The Morgan fingerprint density at radius 3 is 1.61 bits per heavy atom. The lowest BCUT2D eigenvalue weighted by Crippen LogP contribution is -2.13. The molecule has 0 aromatic heterocycles. The van der Waals surface area contributed by atoms with E-state index in [-0.39, 0.29) is 38.0 Å². The van der Waals surface area contributed by atoms with Gasteiger partial charge in [-0.15, -0.1) is 0 Å². The first-order valence-corrected chi connectivity index (χ1v) is 11.4. The van der Waals surface area contributed by atoms with E-state index in [9.17, 15) is 9.59 Å². The largest absolute Gasteiger partial charge is 0.489 e. The van der Waals surface area contributed by atoms with E-state index >= 15 is 0 Å². The van der Waals surface area contributed by atoms with Crippen LogP contribution in [0.4, 0.5) is 0 Å². The van der Waals surface area contributed by atoms with Crippen molar-refractivity contribution in [2.45, 2.75) is 46.8 Å². The molecule has 0 amide bonds. The van der Waals surface area contributed by atoms with Crippen LogP contribution in [0.3, 0.4) is 0 Å². The molecule has 36 heavy (non-hydrogen) atoms. The summed E-state index contributed by atoms with van der Waals surface area (Å²) in [5, 5.41) is 8.41. The molecule has 2 aromatic rings. The Kier molecular flexibility index (Phi) is 22.6. The van der Waals surface area contributed by atoms with Gasteiger partial charge in [0.25, 0.3) is 0 Å². The number of carbonyl (C=O) groups excluding carboxylic acids is 2. The first-order valence-electron chi connectivity index (χ1n) is 10.6. The molecule has 0 saturated heterocycles. The molecule has 0 bridgehead atoms. The first-order chi connectivity index (χ1) is 16.5. The Balaban J connectivity index is -0.000000239. The topological polar surface area (TPSA) is 187 Å². The van der Waals surface area contributed by atoms with E-state index in [4.69, 9.17) is 54.6 Å². The minimum absolute atomic E-state index is 0. The Morgan fingerprint density at radius 1 is 0.944 bits per heavy atom. The third-order valence-electron chi connectivity index (χ3n) is 3.52.